The molecule has 0 unspecified atom stereocenters. The van der Waals surface area contributed by atoms with Crippen LogP contribution >= 0.6 is 0 Å². The highest BCUT2D eigenvalue weighted by atomic mass is 32.2. The van der Waals surface area contributed by atoms with Crippen LogP contribution in [0.4, 0.5) is 11.4 Å². The molecule has 0 fully saturated rings. The lowest BCUT2D eigenvalue weighted by atomic mass is 10.1. The fraction of sp³-hybridized carbons (Fsp3) is 0.138. The predicted molar refractivity (Wildman–Crippen MR) is 147 cm³/mol. The summed E-state index contributed by atoms with van der Waals surface area (Å²) >= 11 is 0. The van der Waals surface area contributed by atoms with Crippen LogP contribution in [0.25, 0.3) is 21.9 Å². The number of benzene rings is 4. The number of carbonyl (C=O) groups is 1. The monoisotopic (exact) mass is 514 g/mol. The Bertz CT molecular complexity index is 1720. The van der Waals surface area contributed by atoms with Crippen molar-refractivity contribution in [1.29, 1.82) is 0 Å². The summed E-state index contributed by atoms with van der Waals surface area (Å²) in [4.78, 5) is 12.9. The average Bonchev–Trinajstić information content (AvgIpc) is 3.24. The molecule has 0 bridgehead atoms. The summed E-state index contributed by atoms with van der Waals surface area (Å²) in [6.45, 7) is 1.99. The van der Waals surface area contributed by atoms with E-state index in [-0.39, 0.29) is 12.5 Å². The van der Waals surface area contributed by atoms with Gasteiger partial charge < -0.3 is 14.5 Å². The number of hydrogen-bond donors (Lipinski definition) is 1. The lowest BCUT2D eigenvalue weighted by Crippen LogP contribution is -2.29. The number of rotatable bonds is 7. The Hall–Kier alpha value is -4.30. The van der Waals surface area contributed by atoms with Crippen LogP contribution in [0.5, 0.6) is 5.75 Å². The molecule has 1 amide bonds. The molecule has 7 nitrogen and oxygen atoms in total. The van der Waals surface area contributed by atoms with E-state index in [2.05, 4.69) is 5.32 Å². The van der Waals surface area contributed by atoms with Crippen molar-refractivity contribution in [1.82, 2.24) is 0 Å². The first kappa shape index (κ1) is 24.4. The van der Waals surface area contributed by atoms with Crippen molar-refractivity contribution >= 4 is 49.2 Å². The molecule has 0 aliphatic rings. The van der Waals surface area contributed by atoms with E-state index in [4.69, 9.17) is 9.15 Å². The number of fused-ring (bicyclic) bond motifs is 3. The number of nitrogens with zero attached hydrogens (tertiary/aromatic N) is 1. The van der Waals surface area contributed by atoms with Crippen LogP contribution in [0, 0.1) is 6.92 Å². The fourth-order valence-corrected chi connectivity index (χ4v) is 5.19. The van der Waals surface area contributed by atoms with Gasteiger partial charge in [-0.05, 0) is 60.5 Å². The van der Waals surface area contributed by atoms with Crippen LogP contribution in [0.3, 0.4) is 0 Å². The Morgan fingerprint density at radius 1 is 0.919 bits per heavy atom. The Kier molecular flexibility index (Phi) is 6.35. The number of methoxy groups -OCH3 is 1. The first-order valence-corrected chi connectivity index (χ1v) is 13.5. The van der Waals surface area contributed by atoms with Crippen molar-refractivity contribution in [2.45, 2.75) is 13.5 Å². The number of amides is 1. The van der Waals surface area contributed by atoms with Gasteiger partial charge >= 0.3 is 0 Å². The number of furan rings is 1. The number of sulfonamides is 1. The number of carbonyl (C=O) groups excluding carboxylic acids is 1. The topological polar surface area (TPSA) is 88.8 Å². The van der Waals surface area contributed by atoms with Crippen molar-refractivity contribution < 1.29 is 22.4 Å². The molecule has 0 atom stereocenters. The van der Waals surface area contributed by atoms with Crippen LogP contribution in [0.1, 0.15) is 21.5 Å². The third kappa shape index (κ3) is 5.01. The van der Waals surface area contributed by atoms with Gasteiger partial charge in [0.15, 0.2) is 0 Å². The molecule has 37 heavy (non-hydrogen) atoms. The second-order valence-corrected chi connectivity index (χ2v) is 10.8. The molecule has 0 aliphatic heterocycles. The lowest BCUT2D eigenvalue weighted by molar-refractivity contribution is 0.102. The van der Waals surface area contributed by atoms with Crippen LogP contribution in [0.2, 0.25) is 0 Å². The van der Waals surface area contributed by atoms with Crippen LogP contribution in [0.15, 0.2) is 89.3 Å². The highest BCUT2D eigenvalue weighted by molar-refractivity contribution is 7.92. The maximum atomic E-state index is 12.9. The quantitative estimate of drug-likeness (QED) is 0.283. The molecule has 1 aromatic heterocycles. The van der Waals surface area contributed by atoms with E-state index in [1.54, 1.807) is 42.5 Å². The number of aryl methyl sites for hydroxylation is 1. The van der Waals surface area contributed by atoms with Crippen molar-refractivity contribution in [2.24, 2.45) is 0 Å². The molecule has 1 N–H and O–H groups in total. The zero-order valence-corrected chi connectivity index (χ0v) is 21.5. The van der Waals surface area contributed by atoms with Crippen molar-refractivity contribution in [3.63, 3.8) is 0 Å². The van der Waals surface area contributed by atoms with Gasteiger partial charge in [0.05, 0.1) is 25.6 Å². The third-order valence-electron chi connectivity index (χ3n) is 6.18. The van der Waals surface area contributed by atoms with Crippen LogP contribution in [-0.2, 0) is 16.6 Å². The minimum absolute atomic E-state index is 0.100. The van der Waals surface area contributed by atoms with Gasteiger partial charge in [0, 0.05) is 28.1 Å². The van der Waals surface area contributed by atoms with Gasteiger partial charge in [-0.2, -0.15) is 0 Å². The van der Waals surface area contributed by atoms with E-state index in [0.29, 0.717) is 28.3 Å². The zero-order valence-electron chi connectivity index (χ0n) is 20.7. The SMILES string of the molecule is COc1ccc(C)cc1N(Cc1ccc(C(=O)Nc2ccc3c(c2)oc2ccccc23)cc1)S(C)(=O)=O. The van der Waals surface area contributed by atoms with Crippen molar-refractivity contribution in [3.05, 3.63) is 102 Å². The molecule has 4 aromatic carbocycles. The van der Waals surface area contributed by atoms with Crippen LogP contribution < -0.4 is 14.4 Å². The van der Waals surface area contributed by atoms with E-state index in [0.717, 1.165) is 33.7 Å². The molecule has 0 saturated heterocycles. The van der Waals surface area contributed by atoms with Crippen molar-refractivity contribution in [3.8, 4) is 5.75 Å². The molecule has 0 radical (unpaired) electrons. The Labute approximate surface area is 215 Å². The third-order valence-corrected chi connectivity index (χ3v) is 7.31. The lowest BCUT2D eigenvalue weighted by Gasteiger charge is -2.25. The van der Waals surface area contributed by atoms with E-state index in [9.17, 15) is 13.2 Å². The molecule has 188 valence electrons. The van der Waals surface area contributed by atoms with Gasteiger partial charge in [0.2, 0.25) is 10.0 Å². The summed E-state index contributed by atoms with van der Waals surface area (Å²) in [6.07, 6.45) is 1.16. The summed E-state index contributed by atoms with van der Waals surface area (Å²) < 4.78 is 37.9. The van der Waals surface area contributed by atoms with Gasteiger partial charge in [-0.15, -0.1) is 0 Å². The second kappa shape index (κ2) is 9.63. The van der Waals surface area contributed by atoms with Gasteiger partial charge in [-0.25, -0.2) is 8.42 Å². The van der Waals surface area contributed by atoms with Gasteiger partial charge in [-0.1, -0.05) is 36.4 Å². The standard InChI is InChI=1S/C29H26N2O5S/c1-19-8-15-27(35-2)25(16-19)31(37(3,33)34)18-20-9-11-21(12-10-20)29(32)30-22-13-14-24-23-6-4-5-7-26(23)36-28(24)17-22/h4-17H,18H2,1-3H3,(H,30,32). The summed E-state index contributed by atoms with van der Waals surface area (Å²) in [5.41, 5.74) is 4.67. The summed E-state index contributed by atoms with van der Waals surface area (Å²) in [6, 6.07) is 25.6. The second-order valence-electron chi connectivity index (χ2n) is 8.91. The zero-order chi connectivity index (χ0) is 26.2. The molecular weight excluding hydrogens is 488 g/mol. The molecule has 5 rings (SSSR count). The average molecular weight is 515 g/mol. The largest absolute Gasteiger partial charge is 0.495 e. The first-order chi connectivity index (χ1) is 17.7. The number of hydrogen-bond acceptors (Lipinski definition) is 5. The molecule has 1 heterocycles. The normalized spacial score (nSPS) is 11.5. The van der Waals surface area contributed by atoms with E-state index in [1.807, 2.05) is 49.4 Å². The Morgan fingerprint density at radius 2 is 1.65 bits per heavy atom. The summed E-state index contributed by atoms with van der Waals surface area (Å²) in [5.74, 6) is 0.191. The molecule has 0 spiro atoms. The first-order valence-electron chi connectivity index (χ1n) is 11.7. The van der Waals surface area contributed by atoms with E-state index >= 15 is 0 Å². The van der Waals surface area contributed by atoms with Crippen LogP contribution in [-0.4, -0.2) is 27.7 Å². The number of para-hydroxylation sites is 1. The van der Waals surface area contributed by atoms with Crippen molar-refractivity contribution in [2.75, 3.05) is 23.0 Å². The van der Waals surface area contributed by atoms with Gasteiger partial charge in [0.1, 0.15) is 16.9 Å². The molecule has 0 aliphatic carbocycles. The molecule has 5 aromatic rings. The predicted octanol–water partition coefficient (Wildman–Crippen LogP) is 6.12. The number of anilines is 2. The molecular formula is C29H26N2O5S. The van der Waals surface area contributed by atoms with E-state index in [1.165, 1.54) is 11.4 Å². The summed E-state index contributed by atoms with van der Waals surface area (Å²) in [7, 11) is -2.09. The number of nitrogens with one attached hydrogen (secondary N) is 1. The summed E-state index contributed by atoms with van der Waals surface area (Å²) in [5, 5.41) is 4.91. The fourth-order valence-electron chi connectivity index (χ4n) is 4.31. The van der Waals surface area contributed by atoms with Gasteiger partial charge in [-0.3, -0.25) is 9.10 Å². The van der Waals surface area contributed by atoms with Gasteiger partial charge in [0.25, 0.3) is 5.91 Å². The highest BCUT2D eigenvalue weighted by Gasteiger charge is 2.22. The smallest absolute Gasteiger partial charge is 0.255 e. The molecule has 0 saturated carbocycles. The Morgan fingerprint density at radius 3 is 2.38 bits per heavy atom. The van der Waals surface area contributed by atoms with E-state index < -0.39 is 10.0 Å². The number of ether oxygens (including phenoxy) is 1. The minimum atomic E-state index is -3.60. The molecule has 8 heteroatoms. The highest BCUT2D eigenvalue weighted by Crippen LogP contribution is 2.33. The maximum absolute atomic E-state index is 12.9. The minimum Gasteiger partial charge on any atom is -0.495 e. The Balaban J connectivity index is 1.35. The maximum Gasteiger partial charge on any atom is 0.255 e.